The zero-order chi connectivity index (χ0) is 17.7. The minimum Gasteiger partial charge on any atom is -0.493 e. The summed E-state index contributed by atoms with van der Waals surface area (Å²) in [6, 6.07) is 9.53. The average Bonchev–Trinajstić information content (AvgIpc) is 2.54. The van der Waals surface area contributed by atoms with Crippen molar-refractivity contribution in [2.45, 2.75) is 6.92 Å². The highest BCUT2D eigenvalue weighted by Gasteiger charge is 2.11. The van der Waals surface area contributed by atoms with Crippen molar-refractivity contribution in [2.24, 2.45) is 0 Å². The van der Waals surface area contributed by atoms with Crippen LogP contribution in [0.15, 0.2) is 42.5 Å². The van der Waals surface area contributed by atoms with Crippen molar-refractivity contribution in [1.29, 1.82) is 0 Å². The normalized spacial score (nSPS) is 10.7. The Balaban J connectivity index is 2.14. The van der Waals surface area contributed by atoms with Gasteiger partial charge >= 0.3 is 5.97 Å². The summed E-state index contributed by atoms with van der Waals surface area (Å²) in [5.74, 6) is -0.188. The molecule has 0 unspecified atom stereocenters. The minimum atomic E-state index is -0.602. The van der Waals surface area contributed by atoms with Crippen LogP contribution in [0.5, 0.6) is 11.5 Å². The van der Waals surface area contributed by atoms with Gasteiger partial charge in [-0.1, -0.05) is 29.3 Å². The SMILES string of the molecule is COc1cc(C(C)=O)ccc1OC(=O)/C=C/c1ccc(Cl)cc1Cl. The molecule has 0 spiro atoms. The van der Waals surface area contributed by atoms with Crippen molar-refractivity contribution in [1.82, 2.24) is 0 Å². The van der Waals surface area contributed by atoms with Gasteiger partial charge in [-0.25, -0.2) is 4.79 Å². The number of ether oxygens (including phenoxy) is 2. The van der Waals surface area contributed by atoms with Gasteiger partial charge in [-0.2, -0.15) is 0 Å². The zero-order valence-electron chi connectivity index (χ0n) is 13.0. The molecule has 0 fully saturated rings. The summed E-state index contributed by atoms with van der Waals surface area (Å²) in [7, 11) is 1.43. The van der Waals surface area contributed by atoms with Gasteiger partial charge in [0, 0.05) is 21.7 Å². The highest BCUT2D eigenvalue weighted by Crippen LogP contribution is 2.28. The number of ketones is 1. The van der Waals surface area contributed by atoms with Gasteiger partial charge in [0.2, 0.25) is 0 Å². The Bertz CT molecular complexity index is 813. The van der Waals surface area contributed by atoms with E-state index in [-0.39, 0.29) is 11.5 Å². The lowest BCUT2D eigenvalue weighted by molar-refractivity contribution is -0.129. The van der Waals surface area contributed by atoms with E-state index in [0.29, 0.717) is 26.9 Å². The molecule has 124 valence electrons. The van der Waals surface area contributed by atoms with Crippen molar-refractivity contribution in [3.8, 4) is 11.5 Å². The summed E-state index contributed by atoms with van der Waals surface area (Å²) in [4.78, 5) is 23.3. The maximum Gasteiger partial charge on any atom is 0.336 e. The minimum absolute atomic E-state index is 0.108. The van der Waals surface area contributed by atoms with Crippen LogP contribution in [-0.4, -0.2) is 18.9 Å². The monoisotopic (exact) mass is 364 g/mol. The van der Waals surface area contributed by atoms with E-state index in [1.807, 2.05) is 0 Å². The molecule has 2 aromatic carbocycles. The van der Waals surface area contributed by atoms with Crippen LogP contribution in [0.2, 0.25) is 10.0 Å². The first-order chi connectivity index (χ1) is 11.4. The van der Waals surface area contributed by atoms with Gasteiger partial charge in [0.25, 0.3) is 0 Å². The van der Waals surface area contributed by atoms with Crippen LogP contribution in [0.4, 0.5) is 0 Å². The van der Waals surface area contributed by atoms with Gasteiger partial charge in [0.15, 0.2) is 17.3 Å². The maximum atomic E-state index is 12.0. The predicted octanol–water partition coefficient (Wildman–Crippen LogP) is 4.82. The number of benzene rings is 2. The molecule has 0 aliphatic rings. The Morgan fingerprint density at radius 1 is 1.04 bits per heavy atom. The van der Waals surface area contributed by atoms with E-state index in [1.165, 1.54) is 38.3 Å². The molecule has 4 nitrogen and oxygen atoms in total. The second kappa shape index (κ2) is 7.99. The van der Waals surface area contributed by atoms with E-state index in [0.717, 1.165) is 0 Å². The number of carbonyl (C=O) groups is 2. The molecular formula is C18H14Cl2O4. The van der Waals surface area contributed by atoms with E-state index in [4.69, 9.17) is 32.7 Å². The maximum absolute atomic E-state index is 12.0. The van der Waals surface area contributed by atoms with Crippen molar-refractivity contribution in [3.63, 3.8) is 0 Å². The Morgan fingerprint density at radius 3 is 2.42 bits per heavy atom. The summed E-state index contributed by atoms with van der Waals surface area (Å²) in [5, 5.41) is 0.935. The third kappa shape index (κ3) is 4.60. The molecule has 2 aromatic rings. The van der Waals surface area contributed by atoms with Gasteiger partial charge in [0.05, 0.1) is 7.11 Å². The number of halogens is 2. The van der Waals surface area contributed by atoms with Crippen LogP contribution in [0.3, 0.4) is 0 Å². The molecule has 0 amide bonds. The van der Waals surface area contributed by atoms with Crippen LogP contribution in [-0.2, 0) is 4.79 Å². The molecule has 0 saturated heterocycles. The quantitative estimate of drug-likeness (QED) is 0.330. The van der Waals surface area contributed by atoms with Crippen LogP contribution >= 0.6 is 23.2 Å². The van der Waals surface area contributed by atoms with Gasteiger partial charge in [-0.05, 0) is 48.9 Å². The second-order valence-electron chi connectivity index (χ2n) is 4.84. The van der Waals surface area contributed by atoms with Crippen LogP contribution < -0.4 is 9.47 Å². The molecule has 0 aliphatic carbocycles. The molecule has 0 aliphatic heterocycles. The largest absolute Gasteiger partial charge is 0.493 e. The number of methoxy groups -OCH3 is 1. The van der Waals surface area contributed by atoms with Crippen molar-refractivity contribution < 1.29 is 19.1 Å². The van der Waals surface area contributed by atoms with Crippen LogP contribution in [0.1, 0.15) is 22.8 Å². The molecule has 0 radical (unpaired) electrons. The smallest absolute Gasteiger partial charge is 0.336 e. The van der Waals surface area contributed by atoms with E-state index in [1.54, 1.807) is 24.3 Å². The van der Waals surface area contributed by atoms with Crippen LogP contribution in [0.25, 0.3) is 6.08 Å². The average molecular weight is 365 g/mol. The Hall–Kier alpha value is -2.30. The summed E-state index contributed by atoms with van der Waals surface area (Å²) >= 11 is 11.8. The number of rotatable bonds is 5. The fourth-order valence-electron chi connectivity index (χ4n) is 1.91. The molecule has 0 atom stereocenters. The molecular weight excluding hydrogens is 351 g/mol. The fourth-order valence-corrected chi connectivity index (χ4v) is 2.38. The van der Waals surface area contributed by atoms with Crippen molar-refractivity contribution >= 4 is 41.0 Å². The first kappa shape index (κ1) is 18.0. The lowest BCUT2D eigenvalue weighted by atomic mass is 10.1. The summed E-state index contributed by atoms with van der Waals surface area (Å²) in [6.07, 6.45) is 2.77. The van der Waals surface area contributed by atoms with Gasteiger partial charge in [-0.15, -0.1) is 0 Å². The summed E-state index contributed by atoms with van der Waals surface area (Å²) < 4.78 is 10.4. The molecule has 0 saturated carbocycles. The second-order valence-corrected chi connectivity index (χ2v) is 5.69. The molecule has 0 N–H and O–H groups in total. The lowest BCUT2D eigenvalue weighted by Crippen LogP contribution is -2.05. The fraction of sp³-hybridized carbons (Fsp3) is 0.111. The Kier molecular flexibility index (Phi) is 6.01. The van der Waals surface area contributed by atoms with E-state index >= 15 is 0 Å². The first-order valence-electron chi connectivity index (χ1n) is 6.94. The zero-order valence-corrected chi connectivity index (χ0v) is 14.5. The number of Topliss-reactive ketones (excluding diaryl/α,β-unsaturated/α-hetero) is 1. The third-order valence-corrected chi connectivity index (χ3v) is 3.70. The van der Waals surface area contributed by atoms with Crippen molar-refractivity contribution in [3.05, 3.63) is 63.6 Å². The number of hydrogen-bond donors (Lipinski definition) is 0. The number of hydrogen-bond acceptors (Lipinski definition) is 4. The lowest BCUT2D eigenvalue weighted by Gasteiger charge is -2.09. The number of esters is 1. The topological polar surface area (TPSA) is 52.6 Å². The molecule has 2 rings (SSSR count). The molecule has 0 bridgehead atoms. The molecule has 0 aromatic heterocycles. The highest BCUT2D eigenvalue weighted by atomic mass is 35.5. The molecule has 0 heterocycles. The summed E-state index contributed by atoms with van der Waals surface area (Å²) in [5.41, 5.74) is 1.10. The predicted molar refractivity (Wildman–Crippen MR) is 94.1 cm³/mol. The third-order valence-electron chi connectivity index (χ3n) is 3.14. The number of carbonyl (C=O) groups excluding carboxylic acids is 2. The van der Waals surface area contributed by atoms with Gasteiger partial charge < -0.3 is 9.47 Å². The van der Waals surface area contributed by atoms with Crippen LogP contribution in [0, 0.1) is 0 Å². The van der Waals surface area contributed by atoms with Gasteiger partial charge in [0.1, 0.15) is 0 Å². The first-order valence-corrected chi connectivity index (χ1v) is 7.70. The van der Waals surface area contributed by atoms with E-state index in [9.17, 15) is 9.59 Å². The van der Waals surface area contributed by atoms with Gasteiger partial charge in [-0.3, -0.25) is 4.79 Å². The standard InChI is InChI=1S/C18H14Cl2O4/c1-11(21)13-4-7-16(17(9-13)23-2)24-18(22)8-5-12-3-6-14(19)10-15(12)20/h3-10H,1-2H3/b8-5+. The Morgan fingerprint density at radius 2 is 1.79 bits per heavy atom. The Labute approximate surface area is 149 Å². The summed E-state index contributed by atoms with van der Waals surface area (Å²) in [6.45, 7) is 1.44. The van der Waals surface area contributed by atoms with Crippen molar-refractivity contribution in [2.75, 3.05) is 7.11 Å². The highest BCUT2D eigenvalue weighted by molar-refractivity contribution is 6.35. The van der Waals surface area contributed by atoms with E-state index in [2.05, 4.69) is 0 Å². The van der Waals surface area contributed by atoms with E-state index < -0.39 is 5.97 Å². The molecule has 24 heavy (non-hydrogen) atoms. The molecule has 6 heteroatoms.